The van der Waals surface area contributed by atoms with Crippen molar-refractivity contribution in [2.24, 2.45) is 7.05 Å². The van der Waals surface area contributed by atoms with Crippen LogP contribution < -0.4 is 5.32 Å². The summed E-state index contributed by atoms with van der Waals surface area (Å²) in [5.41, 5.74) is 9.05. The van der Waals surface area contributed by atoms with Gasteiger partial charge in [0.15, 0.2) is 0 Å². The summed E-state index contributed by atoms with van der Waals surface area (Å²) in [5.74, 6) is 0. The minimum absolute atomic E-state index is 0.211. The Bertz CT molecular complexity index is 653. The second kappa shape index (κ2) is 6.02. The quantitative estimate of drug-likeness (QED) is 0.929. The zero-order valence-electron chi connectivity index (χ0n) is 14.3. The maximum Gasteiger partial charge on any atom is 0.0647 e. The molecule has 1 N–H and O–H groups in total. The van der Waals surface area contributed by atoms with Crippen molar-refractivity contribution in [1.29, 1.82) is 0 Å². The van der Waals surface area contributed by atoms with Crippen molar-refractivity contribution in [2.45, 2.75) is 47.6 Å². The Kier molecular flexibility index (Phi) is 4.52. The fourth-order valence-corrected chi connectivity index (χ4v) is 3.07. The molecule has 0 saturated heterocycles. The zero-order chi connectivity index (χ0) is 15.7. The molecule has 0 amide bonds. The molecule has 3 heteroatoms. The highest BCUT2D eigenvalue weighted by Gasteiger charge is 2.22. The van der Waals surface area contributed by atoms with Gasteiger partial charge in [0.2, 0.25) is 0 Å². The molecule has 0 fully saturated rings. The first-order valence-electron chi connectivity index (χ1n) is 7.68. The Morgan fingerprint density at radius 3 is 2.19 bits per heavy atom. The van der Waals surface area contributed by atoms with Crippen LogP contribution in [0.25, 0.3) is 0 Å². The lowest BCUT2D eigenvalue weighted by Crippen LogP contribution is -2.24. The highest BCUT2D eigenvalue weighted by Crippen LogP contribution is 2.30. The second-order valence-corrected chi connectivity index (χ2v) is 5.99. The summed E-state index contributed by atoms with van der Waals surface area (Å²) in [6.45, 7) is 13.9. The van der Waals surface area contributed by atoms with Crippen LogP contribution in [0.4, 0.5) is 0 Å². The maximum atomic E-state index is 4.59. The summed E-state index contributed by atoms with van der Waals surface area (Å²) in [7, 11) is 2.02. The van der Waals surface area contributed by atoms with Crippen LogP contribution in [-0.4, -0.2) is 16.3 Å². The lowest BCUT2D eigenvalue weighted by atomic mass is 9.90. The van der Waals surface area contributed by atoms with Crippen LogP contribution in [0.5, 0.6) is 0 Å². The van der Waals surface area contributed by atoms with E-state index in [-0.39, 0.29) is 6.04 Å². The normalized spacial score (nSPS) is 12.7. The van der Waals surface area contributed by atoms with E-state index < -0.39 is 0 Å². The minimum Gasteiger partial charge on any atom is -0.306 e. The summed E-state index contributed by atoms with van der Waals surface area (Å²) < 4.78 is 1.98. The summed E-state index contributed by atoms with van der Waals surface area (Å²) in [4.78, 5) is 0. The zero-order valence-corrected chi connectivity index (χ0v) is 14.3. The van der Waals surface area contributed by atoms with Gasteiger partial charge in [-0.3, -0.25) is 4.68 Å². The van der Waals surface area contributed by atoms with Gasteiger partial charge in [-0.25, -0.2) is 0 Å². The largest absolute Gasteiger partial charge is 0.306 e. The number of nitrogens with zero attached hydrogens (tertiary/aromatic N) is 2. The van der Waals surface area contributed by atoms with Gasteiger partial charge >= 0.3 is 0 Å². The molecule has 0 spiro atoms. The maximum absolute atomic E-state index is 4.59. The van der Waals surface area contributed by atoms with E-state index in [0.717, 1.165) is 12.2 Å². The SMILES string of the molecule is CCNC(c1cc(C)c(C)cc1C)c1c(C)nn(C)c1C. The Morgan fingerprint density at radius 2 is 1.67 bits per heavy atom. The van der Waals surface area contributed by atoms with Gasteiger partial charge in [0.05, 0.1) is 11.7 Å². The molecule has 0 saturated carbocycles. The van der Waals surface area contributed by atoms with E-state index in [1.54, 1.807) is 0 Å². The third-order valence-electron chi connectivity index (χ3n) is 4.46. The lowest BCUT2D eigenvalue weighted by Gasteiger charge is -2.22. The molecule has 0 bridgehead atoms. The van der Waals surface area contributed by atoms with E-state index in [0.29, 0.717) is 0 Å². The summed E-state index contributed by atoms with van der Waals surface area (Å²) >= 11 is 0. The van der Waals surface area contributed by atoms with E-state index in [2.05, 4.69) is 64.1 Å². The molecule has 0 aliphatic rings. The molecule has 0 radical (unpaired) electrons. The average Bonchev–Trinajstić information content (AvgIpc) is 2.66. The lowest BCUT2D eigenvalue weighted by molar-refractivity contribution is 0.619. The standard InChI is InChI=1S/C18H27N3/c1-8-19-18(17-14(5)20-21(7)15(17)6)16-10-12(3)11(2)9-13(16)4/h9-10,18-19H,8H2,1-7H3. The molecule has 2 aromatic rings. The fourth-order valence-electron chi connectivity index (χ4n) is 3.07. The molecular formula is C18H27N3. The van der Waals surface area contributed by atoms with E-state index >= 15 is 0 Å². The first kappa shape index (κ1) is 15.8. The van der Waals surface area contributed by atoms with Crippen molar-refractivity contribution in [3.05, 3.63) is 51.3 Å². The molecule has 3 nitrogen and oxygen atoms in total. The van der Waals surface area contributed by atoms with Gasteiger partial charge in [0.25, 0.3) is 0 Å². The average molecular weight is 285 g/mol. The number of hydrogen-bond donors (Lipinski definition) is 1. The molecule has 0 aliphatic heterocycles. The van der Waals surface area contributed by atoms with Crippen LogP contribution in [0.1, 0.15) is 52.2 Å². The molecule has 1 aromatic carbocycles. The van der Waals surface area contributed by atoms with Gasteiger partial charge in [-0.2, -0.15) is 5.10 Å². The van der Waals surface area contributed by atoms with E-state index in [1.807, 2.05) is 11.7 Å². The van der Waals surface area contributed by atoms with E-state index in [9.17, 15) is 0 Å². The van der Waals surface area contributed by atoms with E-state index in [4.69, 9.17) is 0 Å². The van der Waals surface area contributed by atoms with Crippen molar-refractivity contribution in [2.75, 3.05) is 6.54 Å². The van der Waals surface area contributed by atoms with Crippen LogP contribution in [0.2, 0.25) is 0 Å². The van der Waals surface area contributed by atoms with Crippen LogP contribution in [0, 0.1) is 34.6 Å². The summed E-state index contributed by atoms with van der Waals surface area (Å²) in [6, 6.07) is 4.82. The molecule has 21 heavy (non-hydrogen) atoms. The fraction of sp³-hybridized carbons (Fsp3) is 0.500. The molecule has 114 valence electrons. The Labute approximate surface area is 128 Å². The van der Waals surface area contributed by atoms with Gasteiger partial charge in [-0.05, 0) is 63.4 Å². The Balaban J connectivity index is 2.61. The number of hydrogen-bond acceptors (Lipinski definition) is 2. The summed E-state index contributed by atoms with van der Waals surface area (Å²) in [6.07, 6.45) is 0. The van der Waals surface area contributed by atoms with Crippen molar-refractivity contribution in [1.82, 2.24) is 15.1 Å². The van der Waals surface area contributed by atoms with Gasteiger partial charge in [-0.1, -0.05) is 19.1 Å². The molecule has 1 heterocycles. The van der Waals surface area contributed by atoms with Gasteiger partial charge in [0.1, 0.15) is 0 Å². The topological polar surface area (TPSA) is 29.9 Å². The van der Waals surface area contributed by atoms with Crippen molar-refractivity contribution >= 4 is 0 Å². The van der Waals surface area contributed by atoms with Gasteiger partial charge in [0, 0.05) is 18.3 Å². The number of rotatable bonds is 4. The molecule has 1 atom stereocenters. The Morgan fingerprint density at radius 1 is 1.05 bits per heavy atom. The molecule has 0 aliphatic carbocycles. The third kappa shape index (κ3) is 2.88. The van der Waals surface area contributed by atoms with Crippen LogP contribution in [-0.2, 0) is 7.05 Å². The smallest absolute Gasteiger partial charge is 0.0647 e. The van der Waals surface area contributed by atoms with Gasteiger partial charge in [-0.15, -0.1) is 0 Å². The first-order chi connectivity index (χ1) is 9.86. The number of aryl methyl sites for hydroxylation is 5. The Hall–Kier alpha value is -1.61. The van der Waals surface area contributed by atoms with Crippen molar-refractivity contribution < 1.29 is 0 Å². The molecule has 2 rings (SSSR count). The number of aromatic nitrogens is 2. The first-order valence-corrected chi connectivity index (χ1v) is 7.68. The number of nitrogens with one attached hydrogen (secondary N) is 1. The highest BCUT2D eigenvalue weighted by atomic mass is 15.3. The predicted octanol–water partition coefficient (Wildman–Crippen LogP) is 3.66. The predicted molar refractivity (Wildman–Crippen MR) is 88.9 cm³/mol. The molecular weight excluding hydrogens is 258 g/mol. The molecule has 1 aromatic heterocycles. The number of benzene rings is 1. The van der Waals surface area contributed by atoms with Crippen molar-refractivity contribution in [3.63, 3.8) is 0 Å². The molecule has 1 unspecified atom stereocenters. The minimum atomic E-state index is 0.211. The van der Waals surface area contributed by atoms with Crippen LogP contribution >= 0.6 is 0 Å². The van der Waals surface area contributed by atoms with E-state index in [1.165, 1.54) is 33.5 Å². The monoisotopic (exact) mass is 285 g/mol. The third-order valence-corrected chi connectivity index (χ3v) is 4.46. The van der Waals surface area contributed by atoms with Crippen LogP contribution in [0.15, 0.2) is 12.1 Å². The highest BCUT2D eigenvalue weighted by molar-refractivity contribution is 5.44. The van der Waals surface area contributed by atoms with Gasteiger partial charge < -0.3 is 5.32 Å². The summed E-state index contributed by atoms with van der Waals surface area (Å²) in [5, 5.41) is 8.23. The van der Waals surface area contributed by atoms with Crippen LogP contribution in [0.3, 0.4) is 0 Å². The second-order valence-electron chi connectivity index (χ2n) is 5.99. The van der Waals surface area contributed by atoms with Crippen molar-refractivity contribution in [3.8, 4) is 0 Å².